The molecule has 1 amide bonds. The van der Waals surface area contributed by atoms with E-state index in [4.69, 9.17) is 5.73 Å². The summed E-state index contributed by atoms with van der Waals surface area (Å²) in [5.41, 5.74) is 9.07. The molecule has 0 heterocycles. The van der Waals surface area contributed by atoms with Gasteiger partial charge in [-0.3, -0.25) is 4.79 Å². The number of amides is 1. The number of primary amides is 1. The predicted molar refractivity (Wildman–Crippen MR) is 78.0 cm³/mol. The zero-order valence-corrected chi connectivity index (χ0v) is 11.6. The molecule has 2 heteroatoms. The molecular formula is C17H19NO. The van der Waals surface area contributed by atoms with Gasteiger partial charge in [-0.1, -0.05) is 59.7 Å². The van der Waals surface area contributed by atoms with Crippen LogP contribution < -0.4 is 5.73 Å². The Morgan fingerprint density at radius 2 is 1.16 bits per heavy atom. The maximum absolute atomic E-state index is 12.0. The third-order valence-electron chi connectivity index (χ3n) is 3.75. The molecule has 2 N–H and O–H groups in total. The van der Waals surface area contributed by atoms with Gasteiger partial charge in [-0.2, -0.15) is 0 Å². The summed E-state index contributed by atoms with van der Waals surface area (Å²) in [6.07, 6.45) is 0. The first-order valence-corrected chi connectivity index (χ1v) is 6.39. The topological polar surface area (TPSA) is 43.1 Å². The monoisotopic (exact) mass is 253 g/mol. The van der Waals surface area contributed by atoms with E-state index in [2.05, 4.69) is 0 Å². The molecule has 0 saturated heterocycles. The van der Waals surface area contributed by atoms with Crippen LogP contribution in [0.5, 0.6) is 0 Å². The van der Waals surface area contributed by atoms with Crippen LogP contribution in [0.2, 0.25) is 0 Å². The molecule has 2 nitrogen and oxygen atoms in total. The van der Waals surface area contributed by atoms with Crippen molar-refractivity contribution in [2.75, 3.05) is 0 Å². The molecule has 0 aliphatic heterocycles. The predicted octanol–water partition coefficient (Wildman–Crippen LogP) is 3.09. The minimum absolute atomic E-state index is 0.333. The lowest BCUT2D eigenvalue weighted by atomic mass is 9.75. The van der Waals surface area contributed by atoms with Gasteiger partial charge in [0.1, 0.15) is 0 Å². The van der Waals surface area contributed by atoms with Crippen LogP contribution in [0.25, 0.3) is 0 Å². The van der Waals surface area contributed by atoms with Gasteiger partial charge in [0.05, 0.1) is 5.41 Å². The van der Waals surface area contributed by atoms with Crippen LogP contribution in [0, 0.1) is 13.8 Å². The first kappa shape index (κ1) is 13.3. The maximum atomic E-state index is 12.0. The van der Waals surface area contributed by atoms with Crippen LogP contribution in [0.3, 0.4) is 0 Å². The van der Waals surface area contributed by atoms with E-state index in [0.29, 0.717) is 0 Å². The van der Waals surface area contributed by atoms with Crippen molar-refractivity contribution in [1.82, 2.24) is 0 Å². The summed E-state index contributed by atoms with van der Waals surface area (Å²) in [5, 5.41) is 0. The Morgan fingerprint density at radius 1 is 0.842 bits per heavy atom. The van der Waals surface area contributed by atoms with Crippen molar-refractivity contribution < 1.29 is 4.79 Å². The Bertz CT molecular complexity index is 536. The summed E-state index contributed by atoms with van der Waals surface area (Å²) in [5.74, 6) is -0.333. The van der Waals surface area contributed by atoms with Gasteiger partial charge in [-0.15, -0.1) is 0 Å². The number of hydrogen-bond acceptors (Lipinski definition) is 1. The maximum Gasteiger partial charge on any atom is 0.232 e. The van der Waals surface area contributed by atoms with E-state index in [-0.39, 0.29) is 5.91 Å². The van der Waals surface area contributed by atoms with E-state index in [1.807, 2.05) is 69.3 Å². The molecule has 0 aromatic heterocycles. The van der Waals surface area contributed by atoms with E-state index < -0.39 is 5.41 Å². The van der Waals surface area contributed by atoms with Crippen LogP contribution in [-0.4, -0.2) is 5.91 Å². The number of carbonyl (C=O) groups excluding carboxylic acids is 1. The molecule has 0 atom stereocenters. The molecule has 0 spiro atoms. The third kappa shape index (κ3) is 2.39. The molecule has 0 aliphatic rings. The van der Waals surface area contributed by atoms with Crippen molar-refractivity contribution in [2.24, 2.45) is 5.73 Å². The summed E-state index contributed by atoms with van der Waals surface area (Å²) in [4.78, 5) is 12.0. The van der Waals surface area contributed by atoms with Gasteiger partial charge in [-0.25, -0.2) is 0 Å². The lowest BCUT2D eigenvalue weighted by Gasteiger charge is -2.27. The van der Waals surface area contributed by atoms with Crippen molar-refractivity contribution in [3.05, 3.63) is 70.8 Å². The van der Waals surface area contributed by atoms with Crippen LogP contribution in [0.4, 0.5) is 0 Å². The van der Waals surface area contributed by atoms with Crippen LogP contribution >= 0.6 is 0 Å². The van der Waals surface area contributed by atoms with Gasteiger partial charge in [0.2, 0.25) is 5.91 Å². The molecule has 0 bridgehead atoms. The average Bonchev–Trinajstić information content (AvgIpc) is 2.39. The van der Waals surface area contributed by atoms with Gasteiger partial charge in [0.15, 0.2) is 0 Å². The summed E-state index contributed by atoms with van der Waals surface area (Å²) in [7, 11) is 0. The lowest BCUT2D eigenvalue weighted by molar-refractivity contribution is -0.121. The molecular weight excluding hydrogens is 234 g/mol. The standard InChI is InChI=1S/C17H19NO/c1-12-4-8-14(9-5-12)17(3,16(18)19)15-10-6-13(2)7-11-15/h4-11H,1-3H3,(H2,18,19). The second kappa shape index (κ2) is 4.88. The SMILES string of the molecule is Cc1ccc(C(C)(C(N)=O)c2ccc(C)cc2)cc1. The summed E-state index contributed by atoms with van der Waals surface area (Å²) >= 11 is 0. The molecule has 0 aliphatic carbocycles. The number of rotatable bonds is 3. The largest absolute Gasteiger partial charge is 0.369 e. The third-order valence-corrected chi connectivity index (χ3v) is 3.75. The fraction of sp³-hybridized carbons (Fsp3) is 0.235. The number of carbonyl (C=O) groups is 1. The molecule has 2 aromatic carbocycles. The van der Waals surface area contributed by atoms with Gasteiger partial charge >= 0.3 is 0 Å². The molecule has 0 fully saturated rings. The van der Waals surface area contributed by atoms with Crippen LogP contribution in [0.15, 0.2) is 48.5 Å². The van der Waals surface area contributed by atoms with E-state index in [1.165, 1.54) is 11.1 Å². The number of nitrogens with two attached hydrogens (primary N) is 1. The molecule has 2 rings (SSSR count). The van der Waals surface area contributed by atoms with E-state index >= 15 is 0 Å². The molecule has 0 saturated carbocycles. The van der Waals surface area contributed by atoms with Crippen molar-refractivity contribution in [3.8, 4) is 0 Å². The second-order valence-corrected chi connectivity index (χ2v) is 5.22. The number of hydrogen-bond donors (Lipinski definition) is 1. The second-order valence-electron chi connectivity index (χ2n) is 5.22. The van der Waals surface area contributed by atoms with E-state index in [9.17, 15) is 4.79 Å². The summed E-state index contributed by atoms with van der Waals surface area (Å²) in [6.45, 7) is 5.93. The first-order chi connectivity index (χ1) is 8.94. The van der Waals surface area contributed by atoms with Crippen LogP contribution in [0.1, 0.15) is 29.2 Å². The normalized spacial score (nSPS) is 11.3. The Kier molecular flexibility index (Phi) is 3.43. The first-order valence-electron chi connectivity index (χ1n) is 6.39. The van der Waals surface area contributed by atoms with Crippen molar-refractivity contribution in [3.63, 3.8) is 0 Å². The Balaban J connectivity index is 2.57. The van der Waals surface area contributed by atoms with Crippen molar-refractivity contribution in [2.45, 2.75) is 26.2 Å². The highest BCUT2D eigenvalue weighted by atomic mass is 16.1. The molecule has 0 unspecified atom stereocenters. The highest BCUT2D eigenvalue weighted by Gasteiger charge is 2.35. The molecule has 0 radical (unpaired) electrons. The fourth-order valence-corrected chi connectivity index (χ4v) is 2.22. The van der Waals surface area contributed by atoms with Gasteiger partial charge < -0.3 is 5.73 Å². The average molecular weight is 253 g/mol. The number of benzene rings is 2. The zero-order valence-electron chi connectivity index (χ0n) is 11.6. The molecule has 98 valence electrons. The highest BCUT2D eigenvalue weighted by molar-refractivity contribution is 5.90. The van der Waals surface area contributed by atoms with Crippen LogP contribution in [-0.2, 0) is 10.2 Å². The lowest BCUT2D eigenvalue weighted by Crippen LogP contribution is -2.39. The fourth-order valence-electron chi connectivity index (χ4n) is 2.22. The molecule has 2 aromatic rings. The van der Waals surface area contributed by atoms with Gasteiger partial charge in [0, 0.05) is 0 Å². The van der Waals surface area contributed by atoms with Gasteiger partial charge in [0.25, 0.3) is 0 Å². The zero-order chi connectivity index (χ0) is 14.0. The van der Waals surface area contributed by atoms with Gasteiger partial charge in [-0.05, 0) is 31.9 Å². The summed E-state index contributed by atoms with van der Waals surface area (Å²) in [6, 6.07) is 15.9. The Labute approximate surface area is 114 Å². The van der Waals surface area contributed by atoms with E-state index in [0.717, 1.165) is 11.1 Å². The Hall–Kier alpha value is -2.09. The molecule has 19 heavy (non-hydrogen) atoms. The smallest absolute Gasteiger partial charge is 0.232 e. The van der Waals surface area contributed by atoms with Crippen molar-refractivity contribution in [1.29, 1.82) is 0 Å². The highest BCUT2D eigenvalue weighted by Crippen LogP contribution is 2.32. The minimum atomic E-state index is -0.790. The quantitative estimate of drug-likeness (QED) is 0.897. The minimum Gasteiger partial charge on any atom is -0.369 e. The summed E-state index contributed by atoms with van der Waals surface area (Å²) < 4.78 is 0. The number of aryl methyl sites for hydroxylation is 2. The van der Waals surface area contributed by atoms with E-state index in [1.54, 1.807) is 0 Å². The van der Waals surface area contributed by atoms with Crippen molar-refractivity contribution >= 4 is 5.91 Å². The Morgan fingerprint density at radius 3 is 1.42 bits per heavy atom.